The summed E-state index contributed by atoms with van der Waals surface area (Å²) in [6, 6.07) is 18.3. The number of ketones is 1. The molecule has 0 aliphatic carbocycles. The van der Waals surface area contributed by atoms with Gasteiger partial charge in [0.2, 0.25) is 5.78 Å². The standard InChI is InChI=1S/C16H10BrNO2/c17-13-9-5-4-8-12(13)15-10-14(18-20-15)16(19)11-6-2-1-3-7-11/h1-10H. The van der Waals surface area contributed by atoms with Crippen molar-refractivity contribution < 1.29 is 9.32 Å². The first-order valence-corrected chi connectivity index (χ1v) is 6.86. The maximum atomic E-state index is 12.2. The smallest absolute Gasteiger partial charge is 0.214 e. The molecule has 0 fully saturated rings. The molecule has 3 rings (SSSR count). The molecule has 3 aromatic rings. The zero-order valence-electron chi connectivity index (χ0n) is 10.4. The van der Waals surface area contributed by atoms with Crippen LogP contribution in [0, 0.1) is 0 Å². The molecule has 4 heteroatoms. The Morgan fingerprint density at radius 3 is 2.45 bits per heavy atom. The molecule has 0 bridgehead atoms. The summed E-state index contributed by atoms with van der Waals surface area (Å²) >= 11 is 3.45. The van der Waals surface area contributed by atoms with Crippen LogP contribution in [0.15, 0.2) is 69.7 Å². The van der Waals surface area contributed by atoms with E-state index in [2.05, 4.69) is 21.1 Å². The second kappa shape index (κ2) is 5.43. The van der Waals surface area contributed by atoms with Gasteiger partial charge in [-0.1, -0.05) is 63.6 Å². The average Bonchev–Trinajstić information content (AvgIpc) is 2.97. The lowest BCUT2D eigenvalue weighted by Gasteiger charge is -1.97. The van der Waals surface area contributed by atoms with Crippen molar-refractivity contribution in [2.45, 2.75) is 0 Å². The Morgan fingerprint density at radius 2 is 1.70 bits per heavy atom. The van der Waals surface area contributed by atoms with Gasteiger partial charge in [0.25, 0.3) is 0 Å². The fraction of sp³-hybridized carbons (Fsp3) is 0. The summed E-state index contributed by atoms with van der Waals surface area (Å²) in [7, 11) is 0. The van der Waals surface area contributed by atoms with Crippen molar-refractivity contribution in [2.24, 2.45) is 0 Å². The number of hydrogen-bond acceptors (Lipinski definition) is 3. The molecule has 20 heavy (non-hydrogen) atoms. The van der Waals surface area contributed by atoms with Crippen LogP contribution in [0.4, 0.5) is 0 Å². The molecule has 1 heterocycles. The molecule has 98 valence electrons. The van der Waals surface area contributed by atoms with E-state index in [0.717, 1.165) is 10.0 Å². The molecule has 0 unspecified atom stereocenters. The number of carbonyl (C=O) groups excluding carboxylic acids is 1. The van der Waals surface area contributed by atoms with Crippen LogP contribution >= 0.6 is 15.9 Å². The number of halogens is 1. The topological polar surface area (TPSA) is 43.1 Å². The number of benzene rings is 2. The van der Waals surface area contributed by atoms with Gasteiger partial charge in [0.05, 0.1) is 0 Å². The Bertz CT molecular complexity index is 750. The summed E-state index contributed by atoms with van der Waals surface area (Å²) in [5.74, 6) is 0.421. The largest absolute Gasteiger partial charge is 0.356 e. The number of nitrogens with zero attached hydrogens (tertiary/aromatic N) is 1. The molecular weight excluding hydrogens is 318 g/mol. The normalized spacial score (nSPS) is 10.4. The maximum Gasteiger partial charge on any atom is 0.214 e. The Balaban J connectivity index is 1.95. The molecule has 0 spiro atoms. The summed E-state index contributed by atoms with van der Waals surface area (Å²) in [6.07, 6.45) is 0. The molecule has 0 amide bonds. The van der Waals surface area contributed by atoms with Gasteiger partial charge in [-0.2, -0.15) is 0 Å². The molecule has 0 atom stereocenters. The first-order valence-electron chi connectivity index (χ1n) is 6.07. The van der Waals surface area contributed by atoms with Crippen molar-refractivity contribution in [1.29, 1.82) is 0 Å². The first-order chi connectivity index (χ1) is 9.75. The lowest BCUT2D eigenvalue weighted by molar-refractivity contribution is 0.103. The predicted octanol–water partition coefficient (Wildman–Crippen LogP) is 4.34. The van der Waals surface area contributed by atoms with Gasteiger partial charge in [-0.3, -0.25) is 4.79 Å². The van der Waals surface area contributed by atoms with E-state index in [4.69, 9.17) is 4.52 Å². The minimum Gasteiger partial charge on any atom is -0.356 e. The van der Waals surface area contributed by atoms with Crippen LogP contribution in [0.3, 0.4) is 0 Å². The van der Waals surface area contributed by atoms with E-state index in [1.807, 2.05) is 42.5 Å². The lowest BCUT2D eigenvalue weighted by Crippen LogP contribution is -2.00. The van der Waals surface area contributed by atoms with Crippen LogP contribution < -0.4 is 0 Å². The SMILES string of the molecule is O=C(c1ccccc1)c1cc(-c2ccccc2Br)on1. The van der Waals surface area contributed by atoms with Gasteiger partial charge in [-0.15, -0.1) is 0 Å². The fourth-order valence-corrected chi connectivity index (χ4v) is 2.39. The monoisotopic (exact) mass is 327 g/mol. The summed E-state index contributed by atoms with van der Waals surface area (Å²) in [6.45, 7) is 0. The number of aromatic nitrogens is 1. The van der Waals surface area contributed by atoms with Gasteiger partial charge >= 0.3 is 0 Å². The van der Waals surface area contributed by atoms with Crippen molar-refractivity contribution >= 4 is 21.7 Å². The van der Waals surface area contributed by atoms with Crippen LogP contribution in [-0.4, -0.2) is 10.9 Å². The Morgan fingerprint density at radius 1 is 1.00 bits per heavy atom. The van der Waals surface area contributed by atoms with Crippen molar-refractivity contribution in [3.05, 3.63) is 76.4 Å². The summed E-state index contributed by atoms with van der Waals surface area (Å²) in [5.41, 5.74) is 1.77. The van der Waals surface area contributed by atoms with E-state index in [-0.39, 0.29) is 5.78 Å². The van der Waals surface area contributed by atoms with E-state index < -0.39 is 0 Å². The van der Waals surface area contributed by atoms with Crippen LogP contribution in [0.1, 0.15) is 16.1 Å². The average molecular weight is 328 g/mol. The minimum atomic E-state index is -0.146. The van der Waals surface area contributed by atoms with Crippen molar-refractivity contribution in [3.63, 3.8) is 0 Å². The molecule has 1 aromatic heterocycles. The van der Waals surface area contributed by atoms with Crippen LogP contribution in [0.5, 0.6) is 0 Å². The van der Waals surface area contributed by atoms with Crippen LogP contribution in [0.25, 0.3) is 11.3 Å². The molecule has 0 aliphatic rings. The number of rotatable bonds is 3. The Labute approximate surface area is 124 Å². The third-order valence-corrected chi connectivity index (χ3v) is 3.61. The lowest BCUT2D eigenvalue weighted by atomic mass is 10.1. The van der Waals surface area contributed by atoms with Gasteiger partial charge in [0.15, 0.2) is 11.5 Å². The third-order valence-electron chi connectivity index (χ3n) is 2.92. The quantitative estimate of drug-likeness (QED) is 0.672. The van der Waals surface area contributed by atoms with Gasteiger partial charge in [0, 0.05) is 21.7 Å². The molecule has 0 N–H and O–H groups in total. The molecule has 0 radical (unpaired) electrons. The van der Waals surface area contributed by atoms with E-state index in [0.29, 0.717) is 17.0 Å². The zero-order chi connectivity index (χ0) is 13.9. The highest BCUT2D eigenvalue weighted by Gasteiger charge is 2.16. The highest BCUT2D eigenvalue weighted by Crippen LogP contribution is 2.28. The number of carbonyl (C=O) groups is 1. The molecule has 0 saturated carbocycles. The van der Waals surface area contributed by atoms with E-state index >= 15 is 0 Å². The molecule has 3 nitrogen and oxygen atoms in total. The second-order valence-electron chi connectivity index (χ2n) is 4.25. The second-order valence-corrected chi connectivity index (χ2v) is 5.11. The Kier molecular flexibility index (Phi) is 3.48. The van der Waals surface area contributed by atoms with Crippen LogP contribution in [-0.2, 0) is 0 Å². The van der Waals surface area contributed by atoms with Crippen molar-refractivity contribution in [3.8, 4) is 11.3 Å². The third kappa shape index (κ3) is 2.42. The van der Waals surface area contributed by atoms with E-state index in [1.165, 1.54) is 0 Å². The zero-order valence-corrected chi connectivity index (χ0v) is 12.0. The highest BCUT2D eigenvalue weighted by molar-refractivity contribution is 9.10. The van der Waals surface area contributed by atoms with Crippen molar-refractivity contribution in [2.75, 3.05) is 0 Å². The van der Waals surface area contributed by atoms with E-state index in [1.54, 1.807) is 18.2 Å². The van der Waals surface area contributed by atoms with Gasteiger partial charge < -0.3 is 4.52 Å². The van der Waals surface area contributed by atoms with Gasteiger partial charge in [-0.25, -0.2) is 0 Å². The van der Waals surface area contributed by atoms with E-state index in [9.17, 15) is 4.79 Å². The molecule has 2 aromatic carbocycles. The maximum absolute atomic E-state index is 12.2. The first kappa shape index (κ1) is 12.8. The Hall–Kier alpha value is -2.20. The molecular formula is C16H10BrNO2. The summed E-state index contributed by atoms with van der Waals surface area (Å²) < 4.78 is 6.17. The fourth-order valence-electron chi connectivity index (χ4n) is 1.91. The molecule has 0 aliphatic heterocycles. The van der Waals surface area contributed by atoms with Gasteiger partial charge in [-0.05, 0) is 12.1 Å². The minimum absolute atomic E-state index is 0.146. The predicted molar refractivity (Wildman–Crippen MR) is 79.5 cm³/mol. The van der Waals surface area contributed by atoms with Crippen LogP contribution in [0.2, 0.25) is 0 Å². The molecule has 0 saturated heterocycles. The summed E-state index contributed by atoms with van der Waals surface area (Å²) in [5, 5.41) is 3.86. The number of hydrogen-bond donors (Lipinski definition) is 0. The highest BCUT2D eigenvalue weighted by atomic mass is 79.9. The van der Waals surface area contributed by atoms with Crippen molar-refractivity contribution in [1.82, 2.24) is 5.16 Å². The van der Waals surface area contributed by atoms with Gasteiger partial charge in [0.1, 0.15) is 0 Å². The summed E-state index contributed by atoms with van der Waals surface area (Å²) in [4.78, 5) is 12.2.